The van der Waals surface area contributed by atoms with Gasteiger partial charge in [0.25, 0.3) is 0 Å². The highest BCUT2D eigenvalue weighted by atomic mass is 19.1. The highest BCUT2D eigenvalue weighted by molar-refractivity contribution is 5.54. The van der Waals surface area contributed by atoms with E-state index in [2.05, 4.69) is 0 Å². The molecular formula is C17H20FNO. The minimum Gasteiger partial charge on any atom is -0.388 e. The van der Waals surface area contributed by atoms with Crippen molar-refractivity contribution in [1.29, 1.82) is 0 Å². The van der Waals surface area contributed by atoms with Crippen LogP contribution in [0.2, 0.25) is 0 Å². The fourth-order valence-corrected chi connectivity index (χ4v) is 2.30. The molecule has 0 aliphatic heterocycles. The lowest BCUT2D eigenvalue weighted by Gasteiger charge is -2.24. The van der Waals surface area contributed by atoms with Gasteiger partial charge in [-0.3, -0.25) is 0 Å². The van der Waals surface area contributed by atoms with Crippen molar-refractivity contribution in [2.45, 2.75) is 26.0 Å². The van der Waals surface area contributed by atoms with E-state index in [1.807, 2.05) is 49.2 Å². The lowest BCUT2D eigenvalue weighted by Crippen LogP contribution is -2.19. The van der Waals surface area contributed by atoms with Gasteiger partial charge in [-0.25, -0.2) is 4.39 Å². The van der Waals surface area contributed by atoms with E-state index in [4.69, 9.17) is 0 Å². The number of aliphatic hydroxyl groups is 1. The summed E-state index contributed by atoms with van der Waals surface area (Å²) >= 11 is 0. The first-order valence-corrected chi connectivity index (χ1v) is 6.85. The molecule has 0 aliphatic carbocycles. The van der Waals surface area contributed by atoms with Crippen molar-refractivity contribution >= 4 is 5.69 Å². The van der Waals surface area contributed by atoms with E-state index >= 15 is 0 Å². The van der Waals surface area contributed by atoms with Crippen LogP contribution in [0.3, 0.4) is 0 Å². The van der Waals surface area contributed by atoms with Gasteiger partial charge in [-0.1, -0.05) is 43.3 Å². The Balaban J connectivity index is 2.26. The summed E-state index contributed by atoms with van der Waals surface area (Å²) in [7, 11) is 1.91. The predicted octanol–water partition coefficient (Wildman–Crippen LogP) is 3.91. The lowest BCUT2D eigenvalue weighted by atomic mass is 10.0. The third-order valence-electron chi connectivity index (χ3n) is 3.46. The fourth-order valence-electron chi connectivity index (χ4n) is 2.30. The van der Waals surface area contributed by atoms with Crippen molar-refractivity contribution in [1.82, 2.24) is 0 Å². The van der Waals surface area contributed by atoms with Crippen LogP contribution < -0.4 is 4.90 Å². The summed E-state index contributed by atoms with van der Waals surface area (Å²) in [5.74, 6) is -0.201. The SMILES string of the molecule is CCC(O)c1ccccc1N(C)Cc1ccccc1F. The Morgan fingerprint density at radius 1 is 1.10 bits per heavy atom. The van der Waals surface area contributed by atoms with Crippen LogP contribution in [0.4, 0.5) is 10.1 Å². The molecule has 0 fully saturated rings. The Morgan fingerprint density at radius 2 is 1.75 bits per heavy atom. The molecule has 0 bridgehead atoms. The zero-order valence-corrected chi connectivity index (χ0v) is 11.9. The van der Waals surface area contributed by atoms with Crippen molar-refractivity contribution in [3.05, 3.63) is 65.5 Å². The van der Waals surface area contributed by atoms with E-state index in [9.17, 15) is 9.50 Å². The molecule has 1 N–H and O–H groups in total. The van der Waals surface area contributed by atoms with Gasteiger partial charge in [0.2, 0.25) is 0 Å². The zero-order valence-electron chi connectivity index (χ0n) is 11.9. The van der Waals surface area contributed by atoms with E-state index in [0.717, 1.165) is 11.3 Å². The molecule has 2 rings (SSSR count). The Kier molecular flexibility index (Phi) is 4.74. The smallest absolute Gasteiger partial charge is 0.128 e. The molecule has 3 heteroatoms. The largest absolute Gasteiger partial charge is 0.388 e. The minimum atomic E-state index is -0.491. The zero-order chi connectivity index (χ0) is 14.5. The molecule has 0 aromatic heterocycles. The lowest BCUT2D eigenvalue weighted by molar-refractivity contribution is 0.174. The molecule has 2 aromatic carbocycles. The van der Waals surface area contributed by atoms with Gasteiger partial charge in [-0.15, -0.1) is 0 Å². The summed E-state index contributed by atoms with van der Waals surface area (Å²) in [6.07, 6.45) is 0.166. The van der Waals surface area contributed by atoms with Crippen LogP contribution in [-0.2, 0) is 6.54 Å². The van der Waals surface area contributed by atoms with Gasteiger partial charge in [0, 0.05) is 30.4 Å². The molecule has 0 amide bonds. The van der Waals surface area contributed by atoms with E-state index in [0.29, 0.717) is 18.5 Å². The Hall–Kier alpha value is -1.87. The number of halogens is 1. The first-order valence-electron chi connectivity index (χ1n) is 6.85. The van der Waals surface area contributed by atoms with Crippen LogP contribution >= 0.6 is 0 Å². The molecule has 0 spiro atoms. The van der Waals surface area contributed by atoms with Crippen molar-refractivity contribution in [3.63, 3.8) is 0 Å². The van der Waals surface area contributed by atoms with Gasteiger partial charge in [0.1, 0.15) is 5.82 Å². The topological polar surface area (TPSA) is 23.5 Å². The van der Waals surface area contributed by atoms with Gasteiger partial charge in [0.05, 0.1) is 6.10 Å². The number of nitrogens with zero attached hydrogens (tertiary/aromatic N) is 1. The van der Waals surface area contributed by atoms with Crippen molar-refractivity contribution in [2.24, 2.45) is 0 Å². The molecule has 0 heterocycles. The molecule has 0 radical (unpaired) electrons. The van der Waals surface area contributed by atoms with Gasteiger partial charge in [-0.2, -0.15) is 0 Å². The maximum Gasteiger partial charge on any atom is 0.128 e. The highest BCUT2D eigenvalue weighted by Gasteiger charge is 2.14. The maximum atomic E-state index is 13.7. The number of hydrogen-bond acceptors (Lipinski definition) is 2. The van der Waals surface area contributed by atoms with Crippen molar-refractivity contribution < 1.29 is 9.50 Å². The van der Waals surface area contributed by atoms with E-state index in [-0.39, 0.29) is 5.82 Å². The number of anilines is 1. The fraction of sp³-hybridized carbons (Fsp3) is 0.294. The number of aliphatic hydroxyl groups excluding tert-OH is 1. The maximum absolute atomic E-state index is 13.7. The average Bonchev–Trinajstić information content (AvgIpc) is 2.48. The van der Waals surface area contributed by atoms with Crippen LogP contribution in [0.1, 0.15) is 30.6 Å². The molecule has 1 unspecified atom stereocenters. The van der Waals surface area contributed by atoms with Crippen LogP contribution in [0, 0.1) is 5.82 Å². The molecule has 20 heavy (non-hydrogen) atoms. The standard InChI is InChI=1S/C17H20FNO/c1-3-17(20)14-9-5-7-11-16(14)19(2)12-13-8-4-6-10-15(13)18/h4-11,17,20H,3,12H2,1-2H3. The predicted molar refractivity (Wildman–Crippen MR) is 80.2 cm³/mol. The molecule has 0 aliphatic rings. The summed E-state index contributed by atoms with van der Waals surface area (Å²) < 4.78 is 13.7. The summed E-state index contributed by atoms with van der Waals surface area (Å²) in [5, 5.41) is 10.1. The van der Waals surface area contributed by atoms with Crippen LogP contribution in [-0.4, -0.2) is 12.2 Å². The minimum absolute atomic E-state index is 0.201. The second-order valence-corrected chi connectivity index (χ2v) is 4.93. The van der Waals surface area contributed by atoms with Crippen LogP contribution in [0.25, 0.3) is 0 Å². The molecule has 106 valence electrons. The highest BCUT2D eigenvalue weighted by Crippen LogP contribution is 2.28. The summed E-state index contributed by atoms with van der Waals surface area (Å²) in [6, 6.07) is 14.5. The quantitative estimate of drug-likeness (QED) is 0.893. The third-order valence-corrected chi connectivity index (χ3v) is 3.46. The van der Waals surface area contributed by atoms with Crippen molar-refractivity contribution in [2.75, 3.05) is 11.9 Å². The third kappa shape index (κ3) is 3.17. The Morgan fingerprint density at radius 3 is 2.45 bits per heavy atom. The molecule has 2 nitrogen and oxygen atoms in total. The first kappa shape index (κ1) is 14.5. The first-order chi connectivity index (χ1) is 9.63. The van der Waals surface area contributed by atoms with E-state index in [1.54, 1.807) is 12.1 Å². The van der Waals surface area contributed by atoms with E-state index in [1.165, 1.54) is 6.07 Å². The average molecular weight is 273 g/mol. The van der Waals surface area contributed by atoms with Gasteiger partial charge < -0.3 is 10.0 Å². The molecular weight excluding hydrogens is 253 g/mol. The van der Waals surface area contributed by atoms with Gasteiger partial charge in [-0.05, 0) is 18.6 Å². The Labute approximate surface area is 119 Å². The number of benzene rings is 2. The number of para-hydroxylation sites is 1. The second kappa shape index (κ2) is 6.53. The molecule has 2 aromatic rings. The summed E-state index contributed by atoms with van der Waals surface area (Å²) in [6.45, 7) is 2.42. The monoisotopic (exact) mass is 273 g/mol. The van der Waals surface area contributed by atoms with Gasteiger partial charge >= 0.3 is 0 Å². The molecule has 0 saturated heterocycles. The number of rotatable bonds is 5. The summed E-state index contributed by atoms with van der Waals surface area (Å²) in [4.78, 5) is 1.96. The number of hydrogen-bond donors (Lipinski definition) is 1. The second-order valence-electron chi connectivity index (χ2n) is 4.93. The summed E-state index contributed by atoms with van der Waals surface area (Å²) in [5.41, 5.74) is 2.47. The normalized spacial score (nSPS) is 12.2. The molecule has 0 saturated carbocycles. The Bertz CT molecular complexity index is 570. The molecule has 1 atom stereocenters. The van der Waals surface area contributed by atoms with Crippen molar-refractivity contribution in [3.8, 4) is 0 Å². The van der Waals surface area contributed by atoms with E-state index < -0.39 is 6.10 Å². The van der Waals surface area contributed by atoms with Crippen LogP contribution in [0.5, 0.6) is 0 Å². The van der Waals surface area contributed by atoms with Crippen LogP contribution in [0.15, 0.2) is 48.5 Å². The van der Waals surface area contributed by atoms with Gasteiger partial charge in [0.15, 0.2) is 0 Å².